The maximum Gasteiger partial charge on any atom is 0.238 e. The van der Waals surface area contributed by atoms with Gasteiger partial charge in [-0.3, -0.25) is 0 Å². The van der Waals surface area contributed by atoms with E-state index < -0.39 is 20.9 Å². The summed E-state index contributed by atoms with van der Waals surface area (Å²) in [5, 5.41) is 9.06. The SMILES string of the molecule is Cc1cccc(S(N)(=O)=O)c1C.N[SH](=O)=O. The summed E-state index contributed by atoms with van der Waals surface area (Å²) in [6.07, 6.45) is 0. The van der Waals surface area contributed by atoms with Gasteiger partial charge < -0.3 is 0 Å². The Bertz CT molecular complexity index is 527. The highest BCUT2D eigenvalue weighted by Gasteiger charge is 2.11. The highest BCUT2D eigenvalue weighted by Crippen LogP contribution is 2.15. The van der Waals surface area contributed by atoms with Crippen LogP contribution in [0, 0.1) is 13.8 Å². The molecule has 0 aromatic heterocycles. The van der Waals surface area contributed by atoms with Crippen molar-refractivity contribution in [3.63, 3.8) is 0 Å². The first-order chi connectivity index (χ1) is 7.16. The Morgan fingerprint density at radius 3 is 1.94 bits per heavy atom. The van der Waals surface area contributed by atoms with Crippen molar-refractivity contribution in [3.8, 4) is 0 Å². The molecule has 0 saturated carbocycles. The van der Waals surface area contributed by atoms with Gasteiger partial charge in [0.1, 0.15) is 0 Å². The molecule has 0 unspecified atom stereocenters. The van der Waals surface area contributed by atoms with Crippen LogP contribution in [0.2, 0.25) is 0 Å². The van der Waals surface area contributed by atoms with Crippen LogP contribution in [-0.4, -0.2) is 16.8 Å². The summed E-state index contributed by atoms with van der Waals surface area (Å²) < 4.78 is 39.6. The molecule has 1 rings (SSSR count). The Morgan fingerprint density at radius 2 is 1.62 bits per heavy atom. The monoisotopic (exact) mass is 266 g/mol. The molecule has 0 aliphatic rings. The molecular weight excluding hydrogens is 252 g/mol. The van der Waals surface area contributed by atoms with Crippen LogP contribution < -0.4 is 10.3 Å². The van der Waals surface area contributed by atoms with E-state index in [2.05, 4.69) is 5.14 Å². The molecule has 1 aromatic rings. The van der Waals surface area contributed by atoms with Crippen LogP contribution in [0.5, 0.6) is 0 Å². The average Bonchev–Trinajstić information content (AvgIpc) is 2.06. The third kappa shape index (κ3) is 5.21. The van der Waals surface area contributed by atoms with Crippen LogP contribution in [0.15, 0.2) is 23.1 Å². The molecular formula is C8H14N2O4S2. The number of hydrogen-bond donors (Lipinski definition) is 3. The Morgan fingerprint density at radius 1 is 1.19 bits per heavy atom. The molecule has 0 radical (unpaired) electrons. The number of nitrogens with two attached hydrogens (primary N) is 2. The predicted molar refractivity (Wildman–Crippen MR) is 61.8 cm³/mol. The van der Waals surface area contributed by atoms with E-state index >= 15 is 0 Å². The molecule has 0 spiro atoms. The second kappa shape index (κ2) is 5.94. The third-order valence-corrected chi connectivity index (χ3v) is 2.92. The summed E-state index contributed by atoms with van der Waals surface area (Å²) in [6, 6.07) is 5.05. The lowest BCUT2D eigenvalue weighted by Crippen LogP contribution is -2.13. The van der Waals surface area contributed by atoms with E-state index in [0.717, 1.165) is 11.1 Å². The van der Waals surface area contributed by atoms with Gasteiger partial charge in [-0.15, -0.1) is 0 Å². The van der Waals surface area contributed by atoms with Crippen molar-refractivity contribution in [1.29, 1.82) is 0 Å². The minimum atomic E-state index is -3.56. The number of hydrogen-bond acceptors (Lipinski definition) is 4. The van der Waals surface area contributed by atoms with E-state index in [1.165, 1.54) is 6.07 Å². The van der Waals surface area contributed by atoms with Gasteiger partial charge in [-0.1, -0.05) is 12.1 Å². The normalized spacial score (nSPS) is 10.8. The number of primary sulfonamides is 1. The number of rotatable bonds is 1. The number of aryl methyl sites for hydroxylation is 1. The van der Waals surface area contributed by atoms with Crippen molar-refractivity contribution >= 4 is 20.9 Å². The molecule has 92 valence electrons. The van der Waals surface area contributed by atoms with E-state index in [1.807, 2.05) is 13.0 Å². The Hall–Kier alpha value is -0.960. The summed E-state index contributed by atoms with van der Waals surface area (Å²) in [5.41, 5.74) is 1.65. The van der Waals surface area contributed by atoms with Crippen LogP contribution in [0.25, 0.3) is 0 Å². The van der Waals surface area contributed by atoms with Crippen molar-refractivity contribution in [2.75, 3.05) is 0 Å². The topological polar surface area (TPSA) is 120 Å². The zero-order chi connectivity index (χ0) is 12.9. The lowest BCUT2D eigenvalue weighted by molar-refractivity contribution is 0.597. The summed E-state index contributed by atoms with van der Waals surface area (Å²) in [7, 11) is -6.18. The molecule has 0 bridgehead atoms. The fourth-order valence-corrected chi connectivity index (χ4v) is 1.89. The third-order valence-electron chi connectivity index (χ3n) is 1.86. The van der Waals surface area contributed by atoms with Gasteiger partial charge in [-0.2, -0.15) is 0 Å². The van der Waals surface area contributed by atoms with Gasteiger partial charge in [0.25, 0.3) is 0 Å². The molecule has 1 aromatic carbocycles. The highest BCUT2D eigenvalue weighted by molar-refractivity contribution is 7.89. The highest BCUT2D eigenvalue weighted by atomic mass is 32.2. The van der Waals surface area contributed by atoms with Gasteiger partial charge >= 0.3 is 0 Å². The molecule has 0 atom stereocenters. The molecule has 0 aliphatic heterocycles. The van der Waals surface area contributed by atoms with Crippen molar-refractivity contribution in [2.45, 2.75) is 18.7 Å². The summed E-state index contributed by atoms with van der Waals surface area (Å²) in [4.78, 5) is 0.211. The van der Waals surface area contributed by atoms with Gasteiger partial charge in [0.15, 0.2) is 10.9 Å². The quantitative estimate of drug-likeness (QED) is 0.589. The van der Waals surface area contributed by atoms with Crippen LogP contribution in [0.4, 0.5) is 0 Å². The maximum atomic E-state index is 11.0. The predicted octanol–water partition coefficient (Wildman–Crippen LogP) is -0.578. The van der Waals surface area contributed by atoms with Crippen molar-refractivity contribution in [1.82, 2.24) is 0 Å². The lowest BCUT2D eigenvalue weighted by Gasteiger charge is -2.04. The second-order valence-electron chi connectivity index (χ2n) is 3.03. The van der Waals surface area contributed by atoms with Crippen LogP contribution in [0.3, 0.4) is 0 Å². The van der Waals surface area contributed by atoms with Crippen molar-refractivity contribution < 1.29 is 16.8 Å². The largest absolute Gasteiger partial charge is 0.238 e. The van der Waals surface area contributed by atoms with E-state index in [0.29, 0.717) is 0 Å². The maximum absolute atomic E-state index is 11.0. The number of thiol groups is 1. The smallest absolute Gasteiger partial charge is 0.231 e. The Labute approximate surface area is 96.4 Å². The van der Waals surface area contributed by atoms with Gasteiger partial charge in [-0.25, -0.2) is 27.1 Å². The molecule has 0 aliphatic carbocycles. The Kier molecular flexibility index (Phi) is 5.59. The molecule has 6 nitrogen and oxygen atoms in total. The molecule has 4 N–H and O–H groups in total. The van der Waals surface area contributed by atoms with Gasteiger partial charge in [0.05, 0.1) is 4.90 Å². The summed E-state index contributed by atoms with van der Waals surface area (Å²) in [6.45, 7) is 3.60. The van der Waals surface area contributed by atoms with E-state index in [-0.39, 0.29) is 4.90 Å². The van der Waals surface area contributed by atoms with Crippen molar-refractivity contribution in [2.24, 2.45) is 10.3 Å². The number of sulfonamides is 1. The summed E-state index contributed by atoms with van der Waals surface area (Å²) in [5.74, 6) is 0. The van der Waals surface area contributed by atoms with Crippen LogP contribution >= 0.6 is 0 Å². The minimum Gasteiger partial charge on any atom is -0.231 e. The molecule has 8 heteroatoms. The first-order valence-electron chi connectivity index (χ1n) is 4.14. The van der Waals surface area contributed by atoms with Gasteiger partial charge in [-0.05, 0) is 31.0 Å². The zero-order valence-electron chi connectivity index (χ0n) is 8.88. The van der Waals surface area contributed by atoms with Gasteiger partial charge in [0.2, 0.25) is 10.0 Å². The van der Waals surface area contributed by atoms with Crippen LogP contribution in [0.1, 0.15) is 11.1 Å². The fourth-order valence-electron chi connectivity index (χ4n) is 1.03. The molecule has 0 heterocycles. The Balaban J connectivity index is 0.000000487. The number of benzene rings is 1. The van der Waals surface area contributed by atoms with E-state index in [4.69, 9.17) is 13.6 Å². The fraction of sp³-hybridized carbons (Fsp3) is 0.250. The summed E-state index contributed by atoms with van der Waals surface area (Å²) >= 11 is 0. The molecule has 16 heavy (non-hydrogen) atoms. The van der Waals surface area contributed by atoms with Crippen LogP contribution in [-0.2, 0) is 20.9 Å². The van der Waals surface area contributed by atoms with Gasteiger partial charge in [0, 0.05) is 0 Å². The standard InChI is InChI=1S/C8H11NO2S.H3NO2S/c1-6-4-3-5-8(7(6)2)12(9,10)11;1-4(2)3/h3-5H,1-2H3,(H2,9,10,11);4H,(H2,1,2,3). The second-order valence-corrected chi connectivity index (χ2v) is 5.13. The van der Waals surface area contributed by atoms with E-state index in [9.17, 15) is 8.42 Å². The molecule has 0 fully saturated rings. The average molecular weight is 266 g/mol. The van der Waals surface area contributed by atoms with E-state index in [1.54, 1.807) is 13.0 Å². The lowest BCUT2D eigenvalue weighted by atomic mass is 10.1. The molecule has 0 saturated heterocycles. The minimum absolute atomic E-state index is 0.211. The van der Waals surface area contributed by atoms with Crippen molar-refractivity contribution in [3.05, 3.63) is 29.3 Å². The first kappa shape index (κ1) is 15.0. The molecule has 0 amide bonds. The first-order valence-corrected chi connectivity index (χ1v) is 6.93. The zero-order valence-corrected chi connectivity index (χ0v) is 10.6.